The van der Waals surface area contributed by atoms with Crippen LogP contribution in [0.2, 0.25) is 0 Å². The number of aliphatic hydroxyl groups excluding tert-OH is 1. The maximum absolute atomic E-state index is 9.90. The van der Waals surface area contributed by atoms with Gasteiger partial charge in [-0.05, 0) is 30.6 Å². The molecule has 0 aromatic carbocycles. The summed E-state index contributed by atoms with van der Waals surface area (Å²) in [4.78, 5) is 0. The molecule has 0 aromatic heterocycles. The molecule has 1 N–H and O–H groups in total. The van der Waals surface area contributed by atoms with Crippen LogP contribution in [0.4, 0.5) is 0 Å². The summed E-state index contributed by atoms with van der Waals surface area (Å²) in [6, 6.07) is 2.33. The van der Waals surface area contributed by atoms with Crippen molar-refractivity contribution in [3.8, 4) is 6.07 Å². The predicted octanol–water partition coefficient (Wildman–Crippen LogP) is 1.53. The molecule has 3 heteroatoms. The lowest BCUT2D eigenvalue weighted by molar-refractivity contribution is -0.123. The summed E-state index contributed by atoms with van der Waals surface area (Å²) in [5.41, 5.74) is -0.569. The van der Waals surface area contributed by atoms with Gasteiger partial charge in [-0.3, -0.25) is 0 Å². The van der Waals surface area contributed by atoms with E-state index in [1.165, 1.54) is 0 Å². The normalized spacial score (nSPS) is 56.3. The Morgan fingerprint density at radius 1 is 1.53 bits per heavy atom. The van der Waals surface area contributed by atoms with Crippen molar-refractivity contribution in [3.63, 3.8) is 0 Å². The minimum Gasteiger partial charge on any atom is -0.367 e. The largest absolute Gasteiger partial charge is 0.367 e. The number of aliphatic hydroxyl groups is 1. The number of nitriles is 1. The Bertz CT molecular complexity index is 335. The van der Waals surface area contributed by atoms with Gasteiger partial charge in [-0.15, -0.1) is 0 Å². The second-order valence-corrected chi connectivity index (χ2v) is 5.73. The molecule has 1 saturated heterocycles. The van der Waals surface area contributed by atoms with Crippen LogP contribution in [0.15, 0.2) is 0 Å². The van der Waals surface area contributed by atoms with Gasteiger partial charge in [0.25, 0.3) is 0 Å². The molecule has 15 heavy (non-hydrogen) atoms. The van der Waals surface area contributed by atoms with Crippen LogP contribution in [0, 0.1) is 40.4 Å². The molecule has 2 bridgehead atoms. The first-order chi connectivity index (χ1) is 7.10. The highest BCUT2D eigenvalue weighted by atomic mass is 16.6. The van der Waals surface area contributed by atoms with E-state index in [1.54, 1.807) is 0 Å². The molecule has 0 aromatic rings. The van der Waals surface area contributed by atoms with Gasteiger partial charge in [-0.2, -0.15) is 5.26 Å². The Balaban J connectivity index is 1.99. The van der Waals surface area contributed by atoms with E-state index in [9.17, 15) is 10.4 Å². The van der Waals surface area contributed by atoms with Gasteiger partial charge in [0.15, 0.2) is 6.29 Å². The minimum atomic E-state index is -0.841. The van der Waals surface area contributed by atoms with Crippen molar-refractivity contribution < 1.29 is 9.84 Å². The van der Waals surface area contributed by atoms with Gasteiger partial charge in [-0.25, -0.2) is 0 Å². The van der Waals surface area contributed by atoms with Crippen LogP contribution in [-0.4, -0.2) is 17.5 Å². The van der Waals surface area contributed by atoms with Crippen LogP contribution < -0.4 is 0 Å². The molecule has 0 spiro atoms. The molecule has 1 heterocycles. The lowest BCUT2D eigenvalue weighted by Crippen LogP contribution is -2.37. The molecule has 3 rings (SSSR count). The number of fused-ring (bicyclic) bond motifs is 1. The maximum Gasteiger partial charge on any atom is 0.174 e. The molecule has 0 amide bonds. The molecule has 6 atom stereocenters. The van der Waals surface area contributed by atoms with Crippen LogP contribution in [0.5, 0.6) is 0 Å². The summed E-state index contributed by atoms with van der Waals surface area (Å²) in [7, 11) is 0. The molecule has 82 valence electrons. The predicted molar refractivity (Wildman–Crippen MR) is 53.5 cm³/mol. The molecular weight excluding hydrogens is 190 g/mol. The second kappa shape index (κ2) is 2.75. The summed E-state index contributed by atoms with van der Waals surface area (Å²) >= 11 is 0. The fourth-order valence-electron chi connectivity index (χ4n) is 4.31. The van der Waals surface area contributed by atoms with E-state index in [1.807, 2.05) is 0 Å². The first-order valence-corrected chi connectivity index (χ1v) is 5.85. The summed E-state index contributed by atoms with van der Waals surface area (Å²) in [5.74, 6) is 2.02. The molecule has 3 aliphatic rings. The zero-order valence-electron chi connectivity index (χ0n) is 9.18. The van der Waals surface area contributed by atoms with E-state index in [2.05, 4.69) is 19.9 Å². The molecule has 6 unspecified atom stereocenters. The van der Waals surface area contributed by atoms with E-state index in [4.69, 9.17) is 4.74 Å². The third-order valence-electron chi connectivity index (χ3n) is 4.84. The van der Waals surface area contributed by atoms with Crippen LogP contribution in [0.25, 0.3) is 0 Å². The number of nitrogens with zero attached hydrogens (tertiary/aromatic N) is 1. The number of rotatable bonds is 1. The summed E-state index contributed by atoms with van der Waals surface area (Å²) < 4.78 is 5.64. The van der Waals surface area contributed by atoms with Crippen LogP contribution in [-0.2, 0) is 4.74 Å². The Morgan fingerprint density at radius 2 is 2.27 bits per heavy atom. The van der Waals surface area contributed by atoms with E-state index in [-0.39, 0.29) is 12.0 Å². The van der Waals surface area contributed by atoms with Crippen LogP contribution in [0.3, 0.4) is 0 Å². The third kappa shape index (κ3) is 0.926. The summed E-state index contributed by atoms with van der Waals surface area (Å²) in [6.07, 6.45) is 1.22. The Labute approximate surface area is 90.0 Å². The van der Waals surface area contributed by atoms with Gasteiger partial charge in [0.2, 0.25) is 0 Å². The molecule has 1 aliphatic heterocycles. The average molecular weight is 207 g/mol. The van der Waals surface area contributed by atoms with Gasteiger partial charge in [0, 0.05) is 5.92 Å². The highest BCUT2D eigenvalue weighted by molar-refractivity contribution is 5.21. The van der Waals surface area contributed by atoms with Crippen molar-refractivity contribution in [3.05, 3.63) is 0 Å². The van der Waals surface area contributed by atoms with Crippen molar-refractivity contribution in [1.29, 1.82) is 5.26 Å². The maximum atomic E-state index is 9.90. The van der Waals surface area contributed by atoms with Crippen LogP contribution >= 0.6 is 0 Å². The lowest BCUT2D eigenvalue weighted by Gasteiger charge is -2.32. The highest BCUT2D eigenvalue weighted by Crippen LogP contribution is 2.66. The van der Waals surface area contributed by atoms with Crippen molar-refractivity contribution in [2.45, 2.75) is 39.1 Å². The highest BCUT2D eigenvalue weighted by Gasteiger charge is 2.69. The lowest BCUT2D eigenvalue weighted by atomic mass is 9.69. The van der Waals surface area contributed by atoms with E-state index < -0.39 is 11.7 Å². The second-order valence-electron chi connectivity index (χ2n) is 5.73. The smallest absolute Gasteiger partial charge is 0.174 e. The quantitative estimate of drug-likeness (QED) is 0.709. The summed E-state index contributed by atoms with van der Waals surface area (Å²) in [5, 5.41) is 19.2. The molecule has 0 radical (unpaired) electrons. The average Bonchev–Trinajstić information content (AvgIpc) is 2.74. The number of ether oxygens (including phenoxy) is 1. The van der Waals surface area contributed by atoms with Gasteiger partial charge in [0.1, 0.15) is 5.41 Å². The molecule has 3 fully saturated rings. The van der Waals surface area contributed by atoms with Gasteiger partial charge in [0.05, 0.1) is 12.2 Å². The topological polar surface area (TPSA) is 53.2 Å². The van der Waals surface area contributed by atoms with E-state index in [0.29, 0.717) is 17.8 Å². The first kappa shape index (κ1) is 9.62. The van der Waals surface area contributed by atoms with Crippen LogP contribution in [0.1, 0.15) is 26.7 Å². The Hall–Kier alpha value is -0.590. The van der Waals surface area contributed by atoms with Gasteiger partial charge in [-0.1, -0.05) is 13.8 Å². The third-order valence-corrected chi connectivity index (χ3v) is 4.84. The van der Waals surface area contributed by atoms with Crippen molar-refractivity contribution >= 4 is 0 Å². The fourth-order valence-corrected chi connectivity index (χ4v) is 4.31. The monoisotopic (exact) mass is 207 g/mol. The van der Waals surface area contributed by atoms with Crippen molar-refractivity contribution in [2.75, 3.05) is 0 Å². The fraction of sp³-hybridized carbons (Fsp3) is 0.917. The van der Waals surface area contributed by atoms with Gasteiger partial charge >= 0.3 is 0 Å². The van der Waals surface area contributed by atoms with Gasteiger partial charge < -0.3 is 9.84 Å². The first-order valence-electron chi connectivity index (χ1n) is 5.85. The molecule has 3 nitrogen and oxygen atoms in total. The molecular formula is C12H17NO2. The Morgan fingerprint density at radius 3 is 2.87 bits per heavy atom. The zero-order chi connectivity index (χ0) is 10.8. The standard InChI is InChI=1S/C12H17NO2/c1-6(2)9-7-3-8-10(9)15-11(14)12(8,4-7)5-13/h6-11,14H,3-4H2,1-2H3. The SMILES string of the molecule is CC(C)C1C2CC3C1OC(O)C3(C#N)C2. The molecule has 2 aliphatic carbocycles. The Kier molecular flexibility index (Phi) is 1.76. The van der Waals surface area contributed by atoms with E-state index in [0.717, 1.165) is 12.8 Å². The zero-order valence-corrected chi connectivity index (χ0v) is 9.18. The molecule has 2 saturated carbocycles. The van der Waals surface area contributed by atoms with Crippen molar-refractivity contribution in [2.24, 2.45) is 29.1 Å². The van der Waals surface area contributed by atoms with Crippen molar-refractivity contribution in [1.82, 2.24) is 0 Å². The number of hydrogen-bond donors (Lipinski definition) is 1. The van der Waals surface area contributed by atoms with E-state index >= 15 is 0 Å². The minimum absolute atomic E-state index is 0.137. The number of hydrogen-bond acceptors (Lipinski definition) is 3. The summed E-state index contributed by atoms with van der Waals surface area (Å²) in [6.45, 7) is 4.43.